The van der Waals surface area contributed by atoms with Crippen molar-refractivity contribution in [3.05, 3.63) is 58.1 Å². The fraction of sp³-hybridized carbons (Fsp3) is 0.300. The van der Waals surface area contributed by atoms with Crippen LogP contribution in [0.5, 0.6) is 5.75 Å². The third kappa shape index (κ3) is 7.12. The zero-order valence-corrected chi connectivity index (χ0v) is 16.8. The second-order valence-corrected chi connectivity index (χ2v) is 7.22. The number of amides is 2. The van der Waals surface area contributed by atoms with Crippen molar-refractivity contribution in [3.8, 4) is 5.75 Å². The standard InChI is InChI=1S/C20H23Cl2N3O2/c1-13(9-15(23)10-14-3-8-18(21)19(22)11-14)12-24-20(26)25-16-4-6-17(27-2)7-5-16/h3-8,11,13,23H,9-10,12H2,1-2H3,(H2,24,25,26). The first-order valence-electron chi connectivity index (χ1n) is 8.56. The van der Waals surface area contributed by atoms with E-state index in [-0.39, 0.29) is 11.9 Å². The molecule has 0 aromatic heterocycles. The predicted molar refractivity (Wildman–Crippen MR) is 112 cm³/mol. The molecule has 0 aliphatic rings. The summed E-state index contributed by atoms with van der Waals surface area (Å²) >= 11 is 11.9. The van der Waals surface area contributed by atoms with Crippen molar-refractivity contribution in [1.29, 1.82) is 5.41 Å². The first-order chi connectivity index (χ1) is 12.9. The van der Waals surface area contributed by atoms with Gasteiger partial charge in [-0.25, -0.2) is 4.79 Å². The van der Waals surface area contributed by atoms with Crippen LogP contribution < -0.4 is 15.4 Å². The molecule has 3 N–H and O–H groups in total. The van der Waals surface area contributed by atoms with Crippen molar-refractivity contribution in [1.82, 2.24) is 5.32 Å². The maximum Gasteiger partial charge on any atom is 0.319 e. The molecule has 0 radical (unpaired) electrons. The monoisotopic (exact) mass is 407 g/mol. The molecule has 0 bridgehead atoms. The summed E-state index contributed by atoms with van der Waals surface area (Å²) in [5.74, 6) is 0.872. The second-order valence-electron chi connectivity index (χ2n) is 6.40. The van der Waals surface area contributed by atoms with Crippen LogP contribution >= 0.6 is 23.2 Å². The molecule has 1 atom stereocenters. The zero-order chi connectivity index (χ0) is 19.8. The number of hydrogen-bond donors (Lipinski definition) is 3. The smallest absolute Gasteiger partial charge is 0.319 e. The minimum atomic E-state index is -0.275. The van der Waals surface area contributed by atoms with Gasteiger partial charge in [-0.05, 0) is 54.3 Å². The van der Waals surface area contributed by atoms with Crippen molar-refractivity contribution in [2.45, 2.75) is 19.8 Å². The van der Waals surface area contributed by atoms with Gasteiger partial charge < -0.3 is 20.8 Å². The van der Waals surface area contributed by atoms with Crippen molar-refractivity contribution < 1.29 is 9.53 Å². The Kier molecular flexibility index (Phi) is 7.95. The molecule has 2 aromatic rings. The average molecular weight is 408 g/mol. The maximum absolute atomic E-state index is 12.0. The number of hydrogen-bond acceptors (Lipinski definition) is 3. The molecule has 0 aliphatic carbocycles. The molecule has 0 saturated carbocycles. The van der Waals surface area contributed by atoms with E-state index in [1.807, 2.05) is 13.0 Å². The van der Waals surface area contributed by atoms with Crippen LogP contribution in [-0.2, 0) is 6.42 Å². The highest BCUT2D eigenvalue weighted by molar-refractivity contribution is 6.42. The van der Waals surface area contributed by atoms with Gasteiger partial charge in [-0.3, -0.25) is 0 Å². The number of ether oxygens (including phenoxy) is 1. The fourth-order valence-electron chi connectivity index (χ4n) is 2.58. The van der Waals surface area contributed by atoms with Gasteiger partial charge in [0.1, 0.15) is 5.75 Å². The lowest BCUT2D eigenvalue weighted by Gasteiger charge is -2.14. The molecule has 0 fully saturated rings. The SMILES string of the molecule is COc1ccc(NC(=O)NCC(C)CC(=N)Cc2ccc(Cl)c(Cl)c2)cc1. The lowest BCUT2D eigenvalue weighted by atomic mass is 9.99. The van der Waals surface area contributed by atoms with Gasteiger partial charge in [-0.1, -0.05) is 36.2 Å². The Balaban J connectivity index is 1.73. The van der Waals surface area contributed by atoms with Crippen LogP contribution in [0, 0.1) is 11.3 Å². The third-order valence-electron chi connectivity index (χ3n) is 3.96. The molecule has 0 heterocycles. The zero-order valence-electron chi connectivity index (χ0n) is 15.3. The molecule has 0 saturated heterocycles. The number of anilines is 1. The van der Waals surface area contributed by atoms with Crippen LogP contribution in [0.4, 0.5) is 10.5 Å². The summed E-state index contributed by atoms with van der Waals surface area (Å²) in [6.45, 7) is 2.47. The number of nitrogens with one attached hydrogen (secondary N) is 3. The molecule has 7 heteroatoms. The van der Waals surface area contributed by atoms with Crippen LogP contribution in [0.1, 0.15) is 18.9 Å². The second kappa shape index (κ2) is 10.2. The topological polar surface area (TPSA) is 74.2 Å². The third-order valence-corrected chi connectivity index (χ3v) is 4.69. The first kappa shape index (κ1) is 21.1. The van der Waals surface area contributed by atoms with E-state index in [0.29, 0.717) is 40.8 Å². The van der Waals surface area contributed by atoms with Gasteiger partial charge in [-0.2, -0.15) is 0 Å². The fourth-order valence-corrected chi connectivity index (χ4v) is 2.90. The van der Waals surface area contributed by atoms with Gasteiger partial charge >= 0.3 is 6.03 Å². The van der Waals surface area contributed by atoms with Crippen molar-refractivity contribution in [2.75, 3.05) is 19.0 Å². The summed E-state index contributed by atoms with van der Waals surface area (Å²) in [6, 6.07) is 12.2. The Morgan fingerprint density at radius 2 is 1.85 bits per heavy atom. The van der Waals surface area contributed by atoms with Gasteiger partial charge in [0.2, 0.25) is 0 Å². The quantitative estimate of drug-likeness (QED) is 0.511. The molecular formula is C20H23Cl2N3O2. The van der Waals surface area contributed by atoms with Crippen LogP contribution in [0.15, 0.2) is 42.5 Å². The van der Waals surface area contributed by atoms with Crippen LogP contribution in [-0.4, -0.2) is 25.4 Å². The van der Waals surface area contributed by atoms with E-state index in [9.17, 15) is 4.79 Å². The number of methoxy groups -OCH3 is 1. The minimum absolute atomic E-state index is 0.141. The highest BCUT2D eigenvalue weighted by atomic mass is 35.5. The molecule has 2 amide bonds. The van der Waals surface area contributed by atoms with E-state index < -0.39 is 0 Å². The molecule has 5 nitrogen and oxygen atoms in total. The summed E-state index contributed by atoms with van der Waals surface area (Å²) in [5.41, 5.74) is 2.22. The van der Waals surface area contributed by atoms with E-state index in [4.69, 9.17) is 33.3 Å². The van der Waals surface area contributed by atoms with Gasteiger partial charge in [0.05, 0.1) is 17.2 Å². The highest BCUT2D eigenvalue weighted by Gasteiger charge is 2.10. The molecule has 0 spiro atoms. The van der Waals surface area contributed by atoms with E-state index in [1.165, 1.54) is 0 Å². The van der Waals surface area contributed by atoms with Crippen molar-refractivity contribution >= 4 is 40.6 Å². The molecule has 1 unspecified atom stereocenters. The Labute approximate surface area is 169 Å². The Bertz CT molecular complexity index is 794. The summed E-state index contributed by atoms with van der Waals surface area (Å²) in [6.07, 6.45) is 1.10. The highest BCUT2D eigenvalue weighted by Crippen LogP contribution is 2.23. The largest absolute Gasteiger partial charge is 0.497 e. The van der Waals surface area contributed by atoms with Gasteiger partial charge in [-0.15, -0.1) is 0 Å². The van der Waals surface area contributed by atoms with Gasteiger partial charge in [0.15, 0.2) is 0 Å². The summed E-state index contributed by atoms with van der Waals surface area (Å²) in [5, 5.41) is 14.8. The maximum atomic E-state index is 12.0. The lowest BCUT2D eigenvalue weighted by molar-refractivity contribution is 0.250. The lowest BCUT2D eigenvalue weighted by Crippen LogP contribution is -2.33. The minimum Gasteiger partial charge on any atom is -0.497 e. The van der Waals surface area contributed by atoms with E-state index in [1.54, 1.807) is 43.5 Å². The van der Waals surface area contributed by atoms with Crippen LogP contribution in [0.2, 0.25) is 10.0 Å². The normalized spacial score (nSPS) is 11.6. The number of rotatable bonds is 8. The predicted octanol–water partition coefficient (Wildman–Crippen LogP) is 5.41. The number of urea groups is 1. The van der Waals surface area contributed by atoms with E-state index in [2.05, 4.69) is 10.6 Å². The first-order valence-corrected chi connectivity index (χ1v) is 9.32. The molecule has 2 aromatic carbocycles. The van der Waals surface area contributed by atoms with Crippen molar-refractivity contribution in [2.24, 2.45) is 5.92 Å². The Hall–Kier alpha value is -2.24. The van der Waals surface area contributed by atoms with E-state index in [0.717, 1.165) is 11.3 Å². The molecule has 0 aliphatic heterocycles. The van der Waals surface area contributed by atoms with Gasteiger partial charge in [0, 0.05) is 24.4 Å². The molecule has 27 heavy (non-hydrogen) atoms. The van der Waals surface area contributed by atoms with E-state index >= 15 is 0 Å². The Morgan fingerprint density at radius 3 is 2.48 bits per heavy atom. The summed E-state index contributed by atoms with van der Waals surface area (Å²) in [4.78, 5) is 12.0. The van der Waals surface area contributed by atoms with Crippen LogP contribution in [0.25, 0.3) is 0 Å². The van der Waals surface area contributed by atoms with Crippen LogP contribution in [0.3, 0.4) is 0 Å². The number of benzene rings is 2. The average Bonchev–Trinajstić information content (AvgIpc) is 2.63. The number of carbonyl (C=O) groups excluding carboxylic acids is 1. The Morgan fingerprint density at radius 1 is 1.15 bits per heavy atom. The number of carbonyl (C=O) groups is 1. The summed E-state index contributed by atoms with van der Waals surface area (Å²) in [7, 11) is 1.59. The van der Waals surface area contributed by atoms with Crippen molar-refractivity contribution in [3.63, 3.8) is 0 Å². The number of halogens is 2. The molecular weight excluding hydrogens is 385 g/mol. The molecule has 144 valence electrons. The molecule has 2 rings (SSSR count). The summed E-state index contributed by atoms with van der Waals surface area (Å²) < 4.78 is 5.08. The van der Waals surface area contributed by atoms with Gasteiger partial charge in [0.25, 0.3) is 0 Å².